The molecular weight excluding hydrogens is 380 g/mol. The molecular formula is C20H24N2O5S. The van der Waals surface area contributed by atoms with Gasteiger partial charge in [0.1, 0.15) is 20.4 Å². The Hall–Kier alpha value is -2.74. The van der Waals surface area contributed by atoms with Crippen LogP contribution in [-0.4, -0.2) is 33.0 Å². The second kappa shape index (κ2) is 8.52. The summed E-state index contributed by atoms with van der Waals surface area (Å²) in [6.07, 6.45) is 0.257. The van der Waals surface area contributed by atoms with Crippen LogP contribution in [0.1, 0.15) is 45.0 Å². The zero-order valence-electron chi connectivity index (χ0n) is 16.5. The minimum atomic E-state index is -3.40. The first-order valence-corrected chi connectivity index (χ1v) is 10.2. The normalized spacial score (nSPS) is 13.5. The highest BCUT2D eigenvalue weighted by atomic mass is 32.2. The molecule has 0 aliphatic carbocycles. The summed E-state index contributed by atoms with van der Waals surface area (Å²) in [6, 6.07) is 10.8. The molecule has 0 radical (unpaired) electrons. The minimum Gasteiger partial charge on any atom is -0.459 e. The largest absolute Gasteiger partial charge is 0.459 e. The first kappa shape index (κ1) is 21.6. The van der Waals surface area contributed by atoms with Gasteiger partial charge >= 0.3 is 12.1 Å². The first-order valence-electron chi connectivity index (χ1n) is 8.73. The van der Waals surface area contributed by atoms with Crippen molar-refractivity contribution in [2.45, 2.75) is 56.2 Å². The Balaban J connectivity index is 2.50. The van der Waals surface area contributed by atoms with Crippen molar-refractivity contribution >= 4 is 21.8 Å². The second-order valence-corrected chi connectivity index (χ2v) is 9.37. The molecule has 0 bridgehead atoms. The number of hydrogen-bond acceptors (Lipinski definition) is 6. The summed E-state index contributed by atoms with van der Waals surface area (Å²) in [7, 11) is -3.40. The van der Waals surface area contributed by atoms with Crippen LogP contribution in [0.15, 0.2) is 62.9 Å². The molecule has 1 atom stereocenters. The highest BCUT2D eigenvalue weighted by Crippen LogP contribution is 2.24. The van der Waals surface area contributed by atoms with Crippen molar-refractivity contribution in [2.24, 2.45) is 4.36 Å². The molecule has 1 amide bonds. The van der Waals surface area contributed by atoms with Crippen LogP contribution in [0.5, 0.6) is 0 Å². The fourth-order valence-electron chi connectivity index (χ4n) is 2.17. The van der Waals surface area contributed by atoms with Crippen molar-refractivity contribution < 1.29 is 23.3 Å². The quantitative estimate of drug-likeness (QED) is 0.698. The topological polar surface area (TPSA) is 94.9 Å². The number of carbonyl (C=O) groups is 2. The van der Waals surface area contributed by atoms with E-state index in [1.54, 1.807) is 46.8 Å². The zero-order valence-corrected chi connectivity index (χ0v) is 17.4. The van der Waals surface area contributed by atoms with Crippen LogP contribution in [0.2, 0.25) is 0 Å². The average molecular weight is 404 g/mol. The molecule has 0 fully saturated rings. The second-order valence-electron chi connectivity index (χ2n) is 7.24. The molecule has 28 heavy (non-hydrogen) atoms. The summed E-state index contributed by atoms with van der Waals surface area (Å²) < 4.78 is 27.9. The Morgan fingerprint density at radius 1 is 1.07 bits per heavy atom. The lowest BCUT2D eigenvalue weighted by atomic mass is 10.2. The highest BCUT2D eigenvalue weighted by molar-refractivity contribution is 7.94. The van der Waals surface area contributed by atoms with Gasteiger partial charge in [-0.05, 0) is 71.0 Å². The van der Waals surface area contributed by atoms with E-state index in [-0.39, 0.29) is 16.0 Å². The van der Waals surface area contributed by atoms with Gasteiger partial charge in [-0.25, -0.2) is 18.8 Å². The van der Waals surface area contributed by atoms with Crippen LogP contribution >= 0.6 is 0 Å². The lowest BCUT2D eigenvalue weighted by molar-refractivity contribution is 0.0377. The van der Waals surface area contributed by atoms with Gasteiger partial charge in [0.15, 0.2) is 0 Å². The van der Waals surface area contributed by atoms with Crippen LogP contribution < -0.4 is 0 Å². The number of hydrogen-bond donors (Lipinski definition) is 0. The molecule has 0 aliphatic heterocycles. The molecule has 0 saturated heterocycles. The van der Waals surface area contributed by atoms with Gasteiger partial charge in [0.05, 0.1) is 16.6 Å². The third kappa shape index (κ3) is 5.63. The van der Waals surface area contributed by atoms with Gasteiger partial charge in [-0.3, -0.25) is 0 Å². The number of carbonyl (C=O) groups excluding carboxylic acids is 2. The fraction of sp³-hybridized carbons (Fsp3) is 0.350. The maximum Gasteiger partial charge on any atom is 0.443 e. The van der Waals surface area contributed by atoms with Crippen molar-refractivity contribution in [3.63, 3.8) is 0 Å². The molecule has 1 aromatic heterocycles. The van der Waals surface area contributed by atoms with E-state index >= 15 is 0 Å². The van der Waals surface area contributed by atoms with Gasteiger partial charge in [0.25, 0.3) is 0 Å². The van der Waals surface area contributed by atoms with Gasteiger partial charge < -0.3 is 9.47 Å². The number of rotatable bonds is 4. The molecule has 8 heteroatoms. The number of nitrogens with zero attached hydrogens (tertiary/aromatic N) is 2. The van der Waals surface area contributed by atoms with Crippen molar-refractivity contribution in [2.75, 3.05) is 0 Å². The zero-order chi connectivity index (χ0) is 20.9. The predicted molar refractivity (Wildman–Crippen MR) is 105 cm³/mol. The maximum atomic E-state index is 13.7. The van der Waals surface area contributed by atoms with Crippen molar-refractivity contribution in [1.29, 1.82) is 0 Å². The van der Waals surface area contributed by atoms with Crippen LogP contribution in [0.4, 0.5) is 4.79 Å². The average Bonchev–Trinajstić information content (AvgIpc) is 2.60. The van der Waals surface area contributed by atoms with Crippen LogP contribution in [0, 0.1) is 0 Å². The third-order valence-corrected chi connectivity index (χ3v) is 5.40. The van der Waals surface area contributed by atoms with Gasteiger partial charge in [-0.15, -0.1) is 4.36 Å². The molecule has 1 heterocycles. The summed E-state index contributed by atoms with van der Waals surface area (Å²) >= 11 is 0. The van der Waals surface area contributed by atoms with Gasteiger partial charge in [-0.1, -0.05) is 6.07 Å². The molecule has 0 aliphatic rings. The summed E-state index contributed by atoms with van der Waals surface area (Å²) in [5, 5.41) is 0.123. The molecule has 150 valence electrons. The number of esters is 1. The van der Waals surface area contributed by atoms with Crippen LogP contribution in [0.3, 0.4) is 0 Å². The molecule has 1 unspecified atom stereocenters. The third-order valence-electron chi connectivity index (χ3n) is 3.27. The van der Waals surface area contributed by atoms with E-state index in [0.29, 0.717) is 5.56 Å². The predicted octanol–water partition coefficient (Wildman–Crippen LogP) is 4.47. The summed E-state index contributed by atoms with van der Waals surface area (Å²) in [5.74, 6) is -0.491. The van der Waals surface area contributed by atoms with E-state index in [1.165, 1.54) is 36.5 Å². The van der Waals surface area contributed by atoms with E-state index in [9.17, 15) is 13.8 Å². The van der Waals surface area contributed by atoms with Gasteiger partial charge in [0.2, 0.25) is 0 Å². The number of pyridine rings is 1. The fourth-order valence-corrected chi connectivity index (χ4v) is 3.83. The number of ether oxygens (including phenoxy) is 2. The van der Waals surface area contributed by atoms with Crippen molar-refractivity contribution in [3.05, 3.63) is 54.2 Å². The first-order chi connectivity index (χ1) is 13.0. The Morgan fingerprint density at radius 3 is 2.21 bits per heavy atom. The van der Waals surface area contributed by atoms with Crippen LogP contribution in [-0.2, 0) is 19.2 Å². The van der Waals surface area contributed by atoms with E-state index in [2.05, 4.69) is 9.35 Å². The highest BCUT2D eigenvalue weighted by Gasteiger charge is 2.23. The molecule has 0 saturated carbocycles. The minimum absolute atomic E-state index is 0.123. The molecule has 0 spiro atoms. The van der Waals surface area contributed by atoms with Gasteiger partial charge in [-0.2, -0.15) is 0 Å². The Bertz CT molecular complexity index is 954. The standard InChI is InChI=1S/C20H24N2O5S/c1-14(2)26-18(23)15-9-11-16(12-10-15)28(25,17-8-6-7-13-21-17)22-19(24)27-20(3,4)5/h6-14H,1-5H3. The van der Waals surface area contributed by atoms with Crippen LogP contribution in [0.25, 0.3) is 0 Å². The summed E-state index contributed by atoms with van der Waals surface area (Å²) in [4.78, 5) is 28.6. The number of benzene rings is 1. The molecule has 2 rings (SSSR count). The summed E-state index contributed by atoms with van der Waals surface area (Å²) in [5.41, 5.74) is -0.479. The smallest absolute Gasteiger partial charge is 0.443 e. The monoisotopic (exact) mass is 404 g/mol. The van der Waals surface area contributed by atoms with E-state index in [1.807, 2.05) is 0 Å². The Kier molecular flexibility index (Phi) is 6.56. The summed E-state index contributed by atoms with van der Waals surface area (Å²) in [6.45, 7) is 8.58. The SMILES string of the molecule is CC(C)OC(=O)c1ccc(S(=O)(=NC(=O)OC(C)(C)C)c2ccccn2)cc1. The molecule has 2 aromatic rings. The Labute approximate surface area is 165 Å². The van der Waals surface area contributed by atoms with Crippen molar-refractivity contribution in [1.82, 2.24) is 4.98 Å². The molecule has 1 aromatic carbocycles. The molecule has 0 N–H and O–H groups in total. The van der Waals surface area contributed by atoms with E-state index in [4.69, 9.17) is 9.47 Å². The number of amides is 1. The number of aromatic nitrogens is 1. The lowest BCUT2D eigenvalue weighted by Crippen LogP contribution is -2.23. The maximum absolute atomic E-state index is 13.7. The molecule has 7 nitrogen and oxygen atoms in total. The van der Waals surface area contributed by atoms with E-state index < -0.39 is 27.4 Å². The van der Waals surface area contributed by atoms with E-state index in [0.717, 1.165) is 0 Å². The van der Waals surface area contributed by atoms with Crippen molar-refractivity contribution in [3.8, 4) is 0 Å². The van der Waals surface area contributed by atoms with Gasteiger partial charge in [0, 0.05) is 6.20 Å². The lowest BCUT2D eigenvalue weighted by Gasteiger charge is -2.18. The Morgan fingerprint density at radius 2 is 1.71 bits per heavy atom.